The summed E-state index contributed by atoms with van der Waals surface area (Å²) < 4.78 is 6.72. The van der Waals surface area contributed by atoms with Crippen LogP contribution in [0.5, 0.6) is 0 Å². The van der Waals surface area contributed by atoms with Crippen LogP contribution in [0.2, 0.25) is 10.0 Å². The van der Waals surface area contributed by atoms with Gasteiger partial charge in [-0.1, -0.05) is 43.5 Å². The molecule has 0 amide bonds. The average molecular weight is 441 g/mol. The van der Waals surface area contributed by atoms with E-state index in [0.717, 1.165) is 25.9 Å². The standard InChI is InChI=1S/C15H14Cl2N6OS.C3H8/c16-12-9-20-23(15(24)14(12)17)11-3-5-22(6-4-11)25-21-13-2-1-10(7-18)8-19-13;1-3-2/h1-2,8-9,11H,3-6H2,(H,19,21);3H2,1-2H3. The number of aromatic nitrogens is 3. The Kier molecular flexibility index (Phi) is 9.06. The Bertz CT molecular complexity index is 860. The number of hydrogen-bond donors (Lipinski definition) is 1. The lowest BCUT2D eigenvalue weighted by Gasteiger charge is -2.30. The molecule has 0 radical (unpaired) electrons. The van der Waals surface area contributed by atoms with Gasteiger partial charge < -0.3 is 4.72 Å². The highest BCUT2D eigenvalue weighted by atomic mass is 35.5. The van der Waals surface area contributed by atoms with E-state index in [1.54, 1.807) is 12.1 Å². The summed E-state index contributed by atoms with van der Waals surface area (Å²) in [6, 6.07) is 5.51. The van der Waals surface area contributed by atoms with Gasteiger partial charge in [0, 0.05) is 31.4 Å². The molecule has 28 heavy (non-hydrogen) atoms. The van der Waals surface area contributed by atoms with Crippen molar-refractivity contribution in [3.63, 3.8) is 0 Å². The van der Waals surface area contributed by atoms with Crippen LogP contribution in [0.25, 0.3) is 0 Å². The van der Waals surface area contributed by atoms with Gasteiger partial charge in [-0.2, -0.15) is 10.4 Å². The summed E-state index contributed by atoms with van der Waals surface area (Å²) in [5.41, 5.74) is 0.177. The minimum atomic E-state index is -0.347. The molecule has 3 heterocycles. The highest BCUT2D eigenvalue weighted by molar-refractivity contribution is 7.98. The van der Waals surface area contributed by atoms with Crippen LogP contribution in [0.4, 0.5) is 5.82 Å². The second kappa shape index (κ2) is 11.3. The maximum Gasteiger partial charge on any atom is 0.287 e. The molecule has 7 nitrogen and oxygen atoms in total. The molecule has 2 aromatic heterocycles. The number of rotatable bonds is 4. The molecule has 10 heteroatoms. The largest absolute Gasteiger partial charge is 0.301 e. The van der Waals surface area contributed by atoms with Crippen LogP contribution in [-0.4, -0.2) is 32.2 Å². The van der Waals surface area contributed by atoms with E-state index in [1.807, 2.05) is 6.07 Å². The molecule has 0 aliphatic carbocycles. The number of halogens is 2. The van der Waals surface area contributed by atoms with Crippen molar-refractivity contribution in [2.75, 3.05) is 17.8 Å². The van der Waals surface area contributed by atoms with Gasteiger partial charge in [0.1, 0.15) is 16.9 Å². The van der Waals surface area contributed by atoms with Gasteiger partial charge in [0.15, 0.2) is 0 Å². The number of anilines is 1. The summed E-state index contributed by atoms with van der Waals surface area (Å²) in [4.78, 5) is 16.3. The lowest BCUT2D eigenvalue weighted by Crippen LogP contribution is -2.36. The maximum absolute atomic E-state index is 12.2. The minimum Gasteiger partial charge on any atom is -0.301 e. The first-order chi connectivity index (χ1) is 13.5. The smallest absolute Gasteiger partial charge is 0.287 e. The highest BCUT2D eigenvalue weighted by Crippen LogP contribution is 2.26. The van der Waals surface area contributed by atoms with Gasteiger partial charge in [-0.25, -0.2) is 14.0 Å². The highest BCUT2D eigenvalue weighted by Gasteiger charge is 2.23. The molecule has 1 N–H and O–H groups in total. The number of nitrogens with zero attached hydrogens (tertiary/aromatic N) is 5. The van der Waals surface area contributed by atoms with Crippen molar-refractivity contribution in [3.05, 3.63) is 50.5 Å². The summed E-state index contributed by atoms with van der Waals surface area (Å²) in [6.45, 7) is 5.82. The first-order valence-electron chi connectivity index (χ1n) is 8.97. The van der Waals surface area contributed by atoms with Crippen LogP contribution in [0, 0.1) is 11.3 Å². The lowest BCUT2D eigenvalue weighted by atomic mass is 10.1. The topological polar surface area (TPSA) is 86.8 Å². The van der Waals surface area contributed by atoms with Crippen molar-refractivity contribution in [2.45, 2.75) is 39.2 Å². The van der Waals surface area contributed by atoms with Crippen molar-refractivity contribution >= 4 is 41.2 Å². The third-order valence-corrected chi connectivity index (χ3v) is 5.51. The summed E-state index contributed by atoms with van der Waals surface area (Å²) in [6.07, 6.45) is 5.74. The molecular weight excluding hydrogens is 419 g/mol. The molecule has 1 fully saturated rings. The molecule has 1 aliphatic rings. The van der Waals surface area contributed by atoms with E-state index < -0.39 is 0 Å². The van der Waals surface area contributed by atoms with Crippen LogP contribution in [0.15, 0.2) is 29.3 Å². The molecule has 0 bridgehead atoms. The zero-order valence-corrected chi connectivity index (χ0v) is 18.1. The third-order valence-electron chi connectivity index (χ3n) is 3.84. The summed E-state index contributed by atoms with van der Waals surface area (Å²) in [5.74, 6) is 0.688. The van der Waals surface area contributed by atoms with Gasteiger partial charge in [-0.15, -0.1) is 0 Å². The van der Waals surface area contributed by atoms with Crippen molar-refractivity contribution in [1.82, 2.24) is 19.1 Å². The molecule has 2 aromatic rings. The Labute approximate surface area is 178 Å². The van der Waals surface area contributed by atoms with Gasteiger partial charge in [0.25, 0.3) is 5.56 Å². The monoisotopic (exact) mass is 440 g/mol. The van der Waals surface area contributed by atoms with Crippen LogP contribution in [0.1, 0.15) is 44.7 Å². The first-order valence-corrected chi connectivity index (χ1v) is 10.5. The molecule has 3 rings (SSSR count). The molecule has 1 saturated heterocycles. The van der Waals surface area contributed by atoms with E-state index in [9.17, 15) is 4.79 Å². The van der Waals surface area contributed by atoms with E-state index in [1.165, 1.54) is 35.6 Å². The SMILES string of the molecule is CCC.N#Cc1ccc(NSN2CCC(n3ncc(Cl)c(Cl)c3=O)CC2)nc1. The molecule has 0 spiro atoms. The normalized spacial score (nSPS) is 14.7. The Balaban J connectivity index is 0.000000878. The van der Waals surface area contributed by atoms with Gasteiger partial charge in [0.2, 0.25) is 0 Å². The van der Waals surface area contributed by atoms with Gasteiger partial charge in [-0.3, -0.25) is 4.79 Å². The van der Waals surface area contributed by atoms with Crippen molar-refractivity contribution in [1.29, 1.82) is 5.26 Å². The zero-order chi connectivity index (χ0) is 20.5. The summed E-state index contributed by atoms with van der Waals surface area (Å²) >= 11 is 13.2. The van der Waals surface area contributed by atoms with Crippen LogP contribution in [0.3, 0.4) is 0 Å². The predicted molar refractivity (Wildman–Crippen MR) is 114 cm³/mol. The number of nitriles is 1. The lowest BCUT2D eigenvalue weighted by molar-refractivity contribution is 0.269. The van der Waals surface area contributed by atoms with Crippen LogP contribution in [-0.2, 0) is 0 Å². The second-order valence-electron chi connectivity index (χ2n) is 6.16. The van der Waals surface area contributed by atoms with Gasteiger partial charge in [-0.05, 0) is 25.0 Å². The maximum atomic E-state index is 12.2. The summed E-state index contributed by atoms with van der Waals surface area (Å²) in [5, 5.41) is 13.1. The quantitative estimate of drug-likeness (QED) is 0.697. The predicted octanol–water partition coefficient (Wildman–Crippen LogP) is 4.55. The van der Waals surface area contributed by atoms with Crippen LogP contribution < -0.4 is 10.3 Å². The Morgan fingerprint density at radius 2 is 1.96 bits per heavy atom. The van der Waals surface area contributed by atoms with E-state index in [-0.39, 0.29) is 21.6 Å². The van der Waals surface area contributed by atoms with Gasteiger partial charge in [0.05, 0.1) is 22.8 Å². The number of hydrogen-bond acceptors (Lipinski definition) is 7. The fraction of sp³-hybridized carbons (Fsp3) is 0.444. The number of nitrogens with one attached hydrogen (secondary N) is 1. The fourth-order valence-corrected chi connectivity index (χ4v) is 3.49. The molecule has 0 atom stereocenters. The van der Waals surface area contributed by atoms with E-state index in [4.69, 9.17) is 28.5 Å². The number of piperidine rings is 1. The Hall–Kier alpha value is -1.79. The molecule has 0 unspecified atom stereocenters. The summed E-state index contributed by atoms with van der Waals surface area (Å²) in [7, 11) is 0. The average Bonchev–Trinajstić information content (AvgIpc) is 2.72. The van der Waals surface area contributed by atoms with Crippen molar-refractivity contribution in [2.24, 2.45) is 0 Å². The van der Waals surface area contributed by atoms with Crippen molar-refractivity contribution in [3.8, 4) is 6.07 Å². The van der Waals surface area contributed by atoms with Crippen molar-refractivity contribution < 1.29 is 0 Å². The molecular formula is C18H22Cl2N6OS. The van der Waals surface area contributed by atoms with E-state index >= 15 is 0 Å². The minimum absolute atomic E-state index is 0.00662. The van der Waals surface area contributed by atoms with E-state index in [2.05, 4.69) is 33.0 Å². The van der Waals surface area contributed by atoms with E-state index in [0.29, 0.717) is 11.4 Å². The first kappa shape index (κ1) is 22.5. The third kappa shape index (κ3) is 6.11. The number of pyridine rings is 1. The molecule has 0 aromatic carbocycles. The Morgan fingerprint density at radius 1 is 1.29 bits per heavy atom. The molecule has 0 saturated carbocycles. The molecule has 1 aliphatic heterocycles. The van der Waals surface area contributed by atoms with Crippen LogP contribution >= 0.6 is 35.3 Å². The second-order valence-corrected chi connectivity index (χ2v) is 7.85. The zero-order valence-electron chi connectivity index (χ0n) is 15.7. The Morgan fingerprint density at radius 3 is 2.54 bits per heavy atom. The molecule has 150 valence electrons. The van der Waals surface area contributed by atoms with Gasteiger partial charge >= 0.3 is 0 Å². The fourth-order valence-electron chi connectivity index (χ4n) is 2.49.